The summed E-state index contributed by atoms with van der Waals surface area (Å²) in [7, 11) is 0. The Morgan fingerprint density at radius 3 is 3.05 bits per heavy atom. The molecule has 1 aromatic rings. The van der Waals surface area contributed by atoms with Gasteiger partial charge in [-0.25, -0.2) is 5.84 Å². The minimum absolute atomic E-state index is 0.186. The monoisotopic (exact) mass is 299 g/mol. The van der Waals surface area contributed by atoms with Crippen molar-refractivity contribution in [2.45, 2.75) is 31.6 Å². The van der Waals surface area contributed by atoms with E-state index in [0.717, 1.165) is 35.8 Å². The Hall–Kier alpha value is -0.560. The van der Waals surface area contributed by atoms with Gasteiger partial charge in [0.05, 0.1) is 4.88 Å². The topological polar surface area (TPSA) is 58.4 Å². The molecule has 0 radical (unpaired) electrons. The van der Waals surface area contributed by atoms with Crippen LogP contribution in [-0.4, -0.2) is 34.4 Å². The summed E-state index contributed by atoms with van der Waals surface area (Å²) >= 11 is 3.49. The quantitative estimate of drug-likeness (QED) is 0.510. The highest BCUT2D eigenvalue weighted by atomic mass is 32.2. The SMILES string of the molecule is CC1(C)CCN(Cc2ccsc2C(=O)NN)CCS1. The van der Waals surface area contributed by atoms with Crippen LogP contribution in [0.4, 0.5) is 0 Å². The summed E-state index contributed by atoms with van der Waals surface area (Å²) in [6, 6.07) is 2.03. The van der Waals surface area contributed by atoms with E-state index in [9.17, 15) is 4.79 Å². The third-order valence-corrected chi connectivity index (χ3v) is 5.74. The second-order valence-electron chi connectivity index (χ2n) is 5.38. The van der Waals surface area contributed by atoms with Gasteiger partial charge in [0, 0.05) is 23.6 Å². The average molecular weight is 299 g/mol. The number of carbonyl (C=O) groups excluding carboxylic acids is 1. The van der Waals surface area contributed by atoms with Crippen LogP contribution in [0.3, 0.4) is 0 Å². The Labute approximate surface area is 122 Å². The highest BCUT2D eigenvalue weighted by Gasteiger charge is 2.24. The number of nitrogens with one attached hydrogen (secondary N) is 1. The van der Waals surface area contributed by atoms with E-state index >= 15 is 0 Å². The number of thiophene rings is 1. The lowest BCUT2D eigenvalue weighted by molar-refractivity contribution is 0.0956. The Kier molecular flexibility index (Phi) is 4.89. The van der Waals surface area contributed by atoms with Gasteiger partial charge in [0.15, 0.2) is 0 Å². The number of hydrogen-bond donors (Lipinski definition) is 2. The Morgan fingerprint density at radius 2 is 2.32 bits per heavy atom. The molecule has 0 aromatic carbocycles. The number of nitrogens with zero attached hydrogens (tertiary/aromatic N) is 1. The maximum atomic E-state index is 11.7. The van der Waals surface area contributed by atoms with Crippen molar-refractivity contribution in [3.05, 3.63) is 21.9 Å². The van der Waals surface area contributed by atoms with Crippen molar-refractivity contribution in [2.24, 2.45) is 5.84 Å². The molecule has 3 N–H and O–H groups in total. The molecule has 1 aliphatic heterocycles. The molecular weight excluding hydrogens is 278 g/mol. The Bertz CT molecular complexity index is 445. The zero-order valence-corrected chi connectivity index (χ0v) is 13.1. The van der Waals surface area contributed by atoms with Crippen molar-refractivity contribution in [1.82, 2.24) is 10.3 Å². The predicted molar refractivity (Wildman–Crippen MR) is 82.4 cm³/mol. The van der Waals surface area contributed by atoms with Crippen LogP contribution in [0.15, 0.2) is 11.4 Å². The van der Waals surface area contributed by atoms with E-state index in [1.54, 1.807) is 0 Å². The molecule has 2 heterocycles. The molecule has 0 aliphatic carbocycles. The van der Waals surface area contributed by atoms with Gasteiger partial charge >= 0.3 is 0 Å². The molecule has 0 bridgehead atoms. The van der Waals surface area contributed by atoms with E-state index in [4.69, 9.17) is 5.84 Å². The third kappa shape index (κ3) is 3.95. The van der Waals surface area contributed by atoms with Gasteiger partial charge in [-0.1, -0.05) is 13.8 Å². The van der Waals surface area contributed by atoms with E-state index in [1.165, 1.54) is 17.8 Å². The lowest BCUT2D eigenvalue weighted by atomic mass is 10.1. The van der Waals surface area contributed by atoms with Gasteiger partial charge in [-0.05, 0) is 30.0 Å². The normalized spacial score (nSPS) is 19.9. The molecule has 106 valence electrons. The first-order valence-corrected chi connectivity index (χ1v) is 8.32. The van der Waals surface area contributed by atoms with E-state index < -0.39 is 0 Å². The van der Waals surface area contributed by atoms with Crippen LogP contribution in [0, 0.1) is 0 Å². The van der Waals surface area contributed by atoms with Gasteiger partial charge in [-0.2, -0.15) is 11.8 Å². The molecule has 0 spiro atoms. The lowest BCUT2D eigenvalue weighted by Crippen LogP contribution is -2.31. The lowest BCUT2D eigenvalue weighted by Gasteiger charge is -2.22. The first-order valence-electron chi connectivity index (χ1n) is 6.45. The summed E-state index contributed by atoms with van der Waals surface area (Å²) in [6.07, 6.45) is 1.18. The second-order valence-corrected chi connectivity index (χ2v) is 8.10. The number of thioether (sulfide) groups is 1. The van der Waals surface area contributed by atoms with Crippen LogP contribution < -0.4 is 11.3 Å². The Morgan fingerprint density at radius 1 is 1.53 bits per heavy atom. The van der Waals surface area contributed by atoms with E-state index in [0.29, 0.717) is 4.75 Å². The predicted octanol–water partition coefficient (Wildman–Crippen LogP) is 2.07. The zero-order chi connectivity index (χ0) is 13.9. The highest BCUT2D eigenvalue weighted by Crippen LogP contribution is 2.31. The molecule has 1 aromatic heterocycles. The molecule has 0 saturated carbocycles. The fraction of sp³-hybridized carbons (Fsp3) is 0.615. The van der Waals surface area contributed by atoms with Gasteiger partial charge in [-0.15, -0.1) is 11.3 Å². The van der Waals surface area contributed by atoms with E-state index in [1.807, 2.05) is 23.2 Å². The number of nitrogen functional groups attached to an aromatic ring is 1. The van der Waals surface area contributed by atoms with Gasteiger partial charge in [-0.3, -0.25) is 15.1 Å². The van der Waals surface area contributed by atoms with Crippen molar-refractivity contribution in [3.63, 3.8) is 0 Å². The number of carbonyl (C=O) groups is 1. The number of hydrazine groups is 1. The maximum Gasteiger partial charge on any atom is 0.275 e. The summed E-state index contributed by atoms with van der Waals surface area (Å²) in [5.41, 5.74) is 3.30. The number of nitrogens with two attached hydrogens (primary N) is 1. The first kappa shape index (κ1) is 14.8. The highest BCUT2D eigenvalue weighted by molar-refractivity contribution is 8.00. The third-order valence-electron chi connectivity index (χ3n) is 3.41. The van der Waals surface area contributed by atoms with Gasteiger partial charge in [0.1, 0.15) is 0 Å². The van der Waals surface area contributed by atoms with Crippen molar-refractivity contribution in [1.29, 1.82) is 0 Å². The molecule has 1 aliphatic rings. The largest absolute Gasteiger partial charge is 0.298 e. The van der Waals surface area contributed by atoms with Crippen molar-refractivity contribution < 1.29 is 4.79 Å². The smallest absolute Gasteiger partial charge is 0.275 e. The van der Waals surface area contributed by atoms with Crippen LogP contribution in [0.2, 0.25) is 0 Å². The van der Waals surface area contributed by atoms with Gasteiger partial charge in [0.2, 0.25) is 0 Å². The van der Waals surface area contributed by atoms with Crippen LogP contribution in [0.25, 0.3) is 0 Å². The zero-order valence-electron chi connectivity index (χ0n) is 11.4. The van der Waals surface area contributed by atoms with Gasteiger partial charge < -0.3 is 0 Å². The molecular formula is C13H21N3OS2. The summed E-state index contributed by atoms with van der Waals surface area (Å²) in [5, 5.41) is 1.95. The average Bonchev–Trinajstić information content (AvgIpc) is 2.75. The molecule has 2 rings (SSSR count). The van der Waals surface area contributed by atoms with Crippen LogP contribution >= 0.6 is 23.1 Å². The minimum Gasteiger partial charge on any atom is -0.298 e. The van der Waals surface area contributed by atoms with E-state index in [2.05, 4.69) is 24.2 Å². The molecule has 19 heavy (non-hydrogen) atoms. The molecule has 1 fully saturated rings. The molecule has 1 saturated heterocycles. The summed E-state index contributed by atoms with van der Waals surface area (Å²) in [5.74, 6) is 6.18. The van der Waals surface area contributed by atoms with Crippen molar-refractivity contribution in [3.8, 4) is 0 Å². The van der Waals surface area contributed by atoms with Crippen LogP contribution in [-0.2, 0) is 6.54 Å². The van der Waals surface area contributed by atoms with Gasteiger partial charge in [0.25, 0.3) is 5.91 Å². The minimum atomic E-state index is -0.186. The number of amides is 1. The number of hydrogen-bond acceptors (Lipinski definition) is 5. The van der Waals surface area contributed by atoms with Crippen molar-refractivity contribution >= 4 is 29.0 Å². The van der Waals surface area contributed by atoms with Crippen LogP contribution in [0.5, 0.6) is 0 Å². The molecule has 4 nitrogen and oxygen atoms in total. The second kappa shape index (κ2) is 6.26. The number of rotatable bonds is 3. The molecule has 0 unspecified atom stereocenters. The first-order chi connectivity index (χ1) is 9.02. The fourth-order valence-corrected chi connectivity index (χ4v) is 4.14. The summed E-state index contributed by atoms with van der Waals surface area (Å²) in [6.45, 7) is 7.61. The molecule has 6 heteroatoms. The van der Waals surface area contributed by atoms with E-state index in [-0.39, 0.29) is 5.91 Å². The Balaban J connectivity index is 2.01. The molecule has 1 amide bonds. The van der Waals surface area contributed by atoms with Crippen molar-refractivity contribution in [2.75, 3.05) is 18.8 Å². The fourth-order valence-electron chi connectivity index (χ4n) is 2.19. The summed E-state index contributed by atoms with van der Waals surface area (Å²) in [4.78, 5) is 14.8. The standard InChI is InChI=1S/C13H21N3OS2/c1-13(2)4-5-16(6-8-19-13)9-10-3-7-18-11(10)12(17)15-14/h3,7H,4-6,8-9,14H2,1-2H3,(H,15,17). The summed E-state index contributed by atoms with van der Waals surface area (Å²) < 4.78 is 0.362. The maximum absolute atomic E-state index is 11.7. The molecule has 0 atom stereocenters. The van der Waals surface area contributed by atoms with Crippen LogP contribution in [0.1, 0.15) is 35.5 Å².